The topological polar surface area (TPSA) is 70.0 Å². The van der Waals surface area contributed by atoms with Gasteiger partial charge in [-0.25, -0.2) is 0 Å². The van der Waals surface area contributed by atoms with Crippen LogP contribution in [0.25, 0.3) is 0 Å². The molecule has 5 heteroatoms. The summed E-state index contributed by atoms with van der Waals surface area (Å²) in [6.45, 7) is 2.61. The summed E-state index contributed by atoms with van der Waals surface area (Å²) < 4.78 is 5.45. The summed E-state index contributed by atoms with van der Waals surface area (Å²) >= 11 is 0. The number of benzene rings is 1. The van der Waals surface area contributed by atoms with Gasteiger partial charge in [0.05, 0.1) is 12.5 Å². The van der Waals surface area contributed by atoms with Crippen molar-refractivity contribution >= 4 is 5.97 Å². The molecule has 1 aromatic rings. The Hall–Kier alpha value is -1.43. The number of hydrogen-bond acceptors (Lipinski definition) is 4. The molecular formula is C15H21NO4. The van der Waals surface area contributed by atoms with E-state index < -0.39 is 18.3 Å². The number of piperidine rings is 1. The minimum atomic E-state index is -1.06. The first-order valence-electron chi connectivity index (χ1n) is 6.90. The van der Waals surface area contributed by atoms with Crippen molar-refractivity contribution in [2.75, 3.05) is 6.54 Å². The normalized spacial score (nSPS) is 25.3. The molecule has 1 fully saturated rings. The Kier molecular flexibility index (Phi) is 5.11. The molecular weight excluding hydrogens is 258 g/mol. The van der Waals surface area contributed by atoms with Crippen LogP contribution in [0.3, 0.4) is 0 Å². The molecule has 0 spiro atoms. The minimum Gasteiger partial charge on any atom is -0.481 e. The van der Waals surface area contributed by atoms with Gasteiger partial charge in [0.1, 0.15) is 0 Å². The summed E-state index contributed by atoms with van der Waals surface area (Å²) in [4.78, 5) is 12.8. The van der Waals surface area contributed by atoms with Gasteiger partial charge in [0.25, 0.3) is 0 Å². The van der Waals surface area contributed by atoms with Crippen LogP contribution in [-0.4, -0.2) is 40.1 Å². The zero-order valence-electron chi connectivity index (χ0n) is 11.6. The van der Waals surface area contributed by atoms with Gasteiger partial charge in [-0.2, -0.15) is 0 Å². The number of ether oxygens (including phenoxy) is 1. The molecule has 1 aromatic carbocycles. The number of rotatable bonds is 5. The smallest absolute Gasteiger partial charge is 0.307 e. The predicted octanol–water partition coefficient (Wildman–Crippen LogP) is 1.66. The van der Waals surface area contributed by atoms with Crippen LogP contribution in [0, 0.1) is 5.92 Å². The number of likely N-dealkylation sites (tertiary alicyclic amines) is 1. The average Bonchev–Trinajstić information content (AvgIpc) is 2.46. The number of carbonyl (C=O) groups is 1. The first-order valence-corrected chi connectivity index (χ1v) is 6.90. The van der Waals surface area contributed by atoms with Crippen LogP contribution in [0.2, 0.25) is 0 Å². The molecule has 0 aliphatic carbocycles. The second kappa shape index (κ2) is 6.83. The summed E-state index contributed by atoms with van der Waals surface area (Å²) in [5.74, 6) is -1.24. The molecule has 5 nitrogen and oxygen atoms in total. The van der Waals surface area contributed by atoms with E-state index in [1.807, 2.05) is 37.3 Å². The third-order valence-corrected chi connectivity index (χ3v) is 3.81. The van der Waals surface area contributed by atoms with E-state index in [0.29, 0.717) is 19.6 Å². The van der Waals surface area contributed by atoms with Gasteiger partial charge in [-0.05, 0) is 25.3 Å². The van der Waals surface area contributed by atoms with Crippen LogP contribution in [0.15, 0.2) is 30.3 Å². The number of hydrogen-bond donors (Lipinski definition) is 2. The van der Waals surface area contributed by atoms with Crippen LogP contribution >= 0.6 is 0 Å². The van der Waals surface area contributed by atoms with Crippen molar-refractivity contribution < 1.29 is 19.7 Å². The Balaban J connectivity index is 1.90. The zero-order valence-corrected chi connectivity index (χ0v) is 11.6. The average molecular weight is 279 g/mol. The Morgan fingerprint density at radius 1 is 1.40 bits per heavy atom. The van der Waals surface area contributed by atoms with Gasteiger partial charge in [0.2, 0.25) is 6.41 Å². The van der Waals surface area contributed by atoms with E-state index in [2.05, 4.69) is 0 Å². The lowest BCUT2D eigenvalue weighted by atomic mass is 9.94. The molecule has 0 aromatic heterocycles. The highest BCUT2D eigenvalue weighted by Gasteiger charge is 2.33. The molecule has 2 rings (SSSR count). The SMILES string of the molecule is CC1CCC(C(=O)O)CN1C(O)OCc1ccccc1. The van der Waals surface area contributed by atoms with E-state index in [0.717, 1.165) is 12.0 Å². The largest absolute Gasteiger partial charge is 0.481 e. The van der Waals surface area contributed by atoms with Crippen molar-refractivity contribution in [3.8, 4) is 0 Å². The molecule has 0 bridgehead atoms. The van der Waals surface area contributed by atoms with Gasteiger partial charge in [-0.1, -0.05) is 30.3 Å². The number of carboxylic acids is 1. The third kappa shape index (κ3) is 3.79. The Morgan fingerprint density at radius 2 is 2.10 bits per heavy atom. The number of aliphatic hydroxyl groups is 1. The molecule has 1 heterocycles. The van der Waals surface area contributed by atoms with E-state index in [1.165, 1.54) is 0 Å². The summed E-state index contributed by atoms with van der Waals surface area (Å²) in [5.41, 5.74) is 0.978. The maximum atomic E-state index is 11.1. The van der Waals surface area contributed by atoms with Crippen LogP contribution < -0.4 is 0 Å². The molecule has 2 N–H and O–H groups in total. The standard InChI is InChI=1S/C15H21NO4/c1-11-7-8-13(14(17)18)9-16(11)15(19)20-10-12-5-3-2-4-6-12/h2-6,11,13,15,19H,7-10H2,1H3,(H,17,18). The predicted molar refractivity (Wildman–Crippen MR) is 73.8 cm³/mol. The number of carboxylic acid groups (broad SMARTS) is 1. The highest BCUT2D eigenvalue weighted by Crippen LogP contribution is 2.24. The lowest BCUT2D eigenvalue weighted by Gasteiger charge is -2.38. The second-order valence-corrected chi connectivity index (χ2v) is 5.28. The zero-order chi connectivity index (χ0) is 14.5. The maximum Gasteiger partial charge on any atom is 0.307 e. The Bertz CT molecular complexity index is 437. The number of nitrogens with zero attached hydrogens (tertiary/aromatic N) is 1. The fraction of sp³-hybridized carbons (Fsp3) is 0.533. The van der Waals surface area contributed by atoms with Gasteiger partial charge in [-0.3, -0.25) is 9.69 Å². The van der Waals surface area contributed by atoms with Crippen molar-refractivity contribution in [3.05, 3.63) is 35.9 Å². The molecule has 3 atom stereocenters. The molecule has 110 valence electrons. The molecule has 20 heavy (non-hydrogen) atoms. The molecule has 0 saturated carbocycles. The van der Waals surface area contributed by atoms with Gasteiger partial charge >= 0.3 is 5.97 Å². The first-order chi connectivity index (χ1) is 9.58. The van der Waals surface area contributed by atoms with E-state index in [9.17, 15) is 9.90 Å². The van der Waals surface area contributed by atoms with E-state index in [1.54, 1.807) is 4.90 Å². The van der Waals surface area contributed by atoms with Crippen molar-refractivity contribution in [1.29, 1.82) is 0 Å². The van der Waals surface area contributed by atoms with Gasteiger partial charge in [0.15, 0.2) is 0 Å². The summed E-state index contributed by atoms with van der Waals surface area (Å²) in [6, 6.07) is 9.71. The third-order valence-electron chi connectivity index (χ3n) is 3.81. The highest BCUT2D eigenvalue weighted by atomic mass is 16.6. The summed E-state index contributed by atoms with van der Waals surface area (Å²) in [5, 5.41) is 19.2. The van der Waals surface area contributed by atoms with Crippen molar-refractivity contribution in [2.45, 2.75) is 38.8 Å². The van der Waals surface area contributed by atoms with E-state index >= 15 is 0 Å². The lowest BCUT2D eigenvalue weighted by molar-refractivity contribution is -0.220. The van der Waals surface area contributed by atoms with Crippen LogP contribution in [0.4, 0.5) is 0 Å². The van der Waals surface area contributed by atoms with Crippen LogP contribution in [0.5, 0.6) is 0 Å². The van der Waals surface area contributed by atoms with Crippen molar-refractivity contribution in [3.63, 3.8) is 0 Å². The first kappa shape index (κ1) is 15.0. The molecule has 1 saturated heterocycles. The summed E-state index contributed by atoms with van der Waals surface area (Å²) in [6.07, 6.45) is 0.341. The monoisotopic (exact) mass is 279 g/mol. The molecule has 3 unspecified atom stereocenters. The van der Waals surface area contributed by atoms with E-state index in [-0.39, 0.29) is 6.04 Å². The van der Waals surface area contributed by atoms with Gasteiger partial charge in [0, 0.05) is 12.6 Å². The van der Waals surface area contributed by atoms with Crippen molar-refractivity contribution in [1.82, 2.24) is 4.90 Å². The molecule has 1 aliphatic rings. The molecule has 0 amide bonds. The highest BCUT2D eigenvalue weighted by molar-refractivity contribution is 5.70. The Labute approximate surface area is 118 Å². The van der Waals surface area contributed by atoms with E-state index in [4.69, 9.17) is 9.84 Å². The second-order valence-electron chi connectivity index (χ2n) is 5.28. The molecule has 1 aliphatic heterocycles. The lowest BCUT2D eigenvalue weighted by Crippen LogP contribution is -2.50. The molecule has 0 radical (unpaired) electrons. The van der Waals surface area contributed by atoms with Crippen LogP contribution in [0.1, 0.15) is 25.3 Å². The number of aliphatic carboxylic acids is 1. The summed E-state index contributed by atoms with van der Waals surface area (Å²) in [7, 11) is 0. The van der Waals surface area contributed by atoms with Crippen molar-refractivity contribution in [2.24, 2.45) is 5.92 Å². The number of aliphatic hydroxyl groups excluding tert-OH is 1. The van der Waals surface area contributed by atoms with Gasteiger partial charge < -0.3 is 14.9 Å². The fourth-order valence-corrected chi connectivity index (χ4v) is 2.48. The quantitative estimate of drug-likeness (QED) is 0.802. The van der Waals surface area contributed by atoms with Gasteiger partial charge in [-0.15, -0.1) is 0 Å². The maximum absolute atomic E-state index is 11.1. The minimum absolute atomic E-state index is 0.122. The fourth-order valence-electron chi connectivity index (χ4n) is 2.48. The van der Waals surface area contributed by atoms with Crippen LogP contribution in [-0.2, 0) is 16.1 Å². The Morgan fingerprint density at radius 3 is 2.75 bits per heavy atom.